The van der Waals surface area contributed by atoms with Crippen molar-refractivity contribution in [1.82, 2.24) is 5.43 Å². The van der Waals surface area contributed by atoms with Crippen LogP contribution in [-0.2, 0) is 4.79 Å². The highest BCUT2D eigenvalue weighted by Gasteiger charge is 2.10. The Morgan fingerprint density at radius 1 is 1.24 bits per heavy atom. The molecule has 0 spiro atoms. The first-order chi connectivity index (χ1) is 10.1. The largest absolute Gasteiger partial charge is 0.483 e. The quantitative estimate of drug-likeness (QED) is 0.583. The zero-order chi connectivity index (χ0) is 15.7. The first-order valence-corrected chi connectivity index (χ1v) is 7.68. The third-order valence-corrected chi connectivity index (χ3v) is 3.58. The van der Waals surface area contributed by atoms with Crippen molar-refractivity contribution in [3.8, 4) is 5.75 Å². The first kappa shape index (κ1) is 17.2. The number of amides is 1. The molecule has 116 valence electrons. The van der Waals surface area contributed by atoms with E-state index < -0.39 is 0 Å². The molecular weight excluding hydrogens is 264 g/mol. The molecule has 0 bridgehead atoms. The number of carbonyl (C=O) groups excluding carboxylic acids is 1. The van der Waals surface area contributed by atoms with Crippen molar-refractivity contribution < 1.29 is 9.53 Å². The second-order valence-electron chi connectivity index (χ2n) is 5.06. The average Bonchev–Trinajstić information content (AvgIpc) is 2.53. The maximum Gasteiger partial charge on any atom is 0.277 e. The number of hydrogen-bond acceptors (Lipinski definition) is 3. The van der Waals surface area contributed by atoms with Crippen LogP contribution in [0.4, 0.5) is 0 Å². The zero-order valence-electron chi connectivity index (χ0n) is 13.5. The van der Waals surface area contributed by atoms with Crippen LogP contribution in [0, 0.1) is 0 Å². The van der Waals surface area contributed by atoms with E-state index in [9.17, 15) is 4.79 Å². The Morgan fingerprint density at radius 2 is 1.90 bits per heavy atom. The van der Waals surface area contributed by atoms with Crippen molar-refractivity contribution in [3.63, 3.8) is 0 Å². The maximum atomic E-state index is 11.8. The summed E-state index contributed by atoms with van der Waals surface area (Å²) in [6, 6.07) is 7.87. The highest BCUT2D eigenvalue weighted by atomic mass is 16.5. The molecule has 1 atom stereocenters. The summed E-state index contributed by atoms with van der Waals surface area (Å²) in [6.07, 6.45) is 2.72. The molecular formula is C17H26N2O2. The second kappa shape index (κ2) is 9.16. The van der Waals surface area contributed by atoms with Gasteiger partial charge in [0.15, 0.2) is 6.61 Å². The van der Waals surface area contributed by atoms with Crippen molar-refractivity contribution in [3.05, 3.63) is 29.8 Å². The number of hydrazone groups is 1. The van der Waals surface area contributed by atoms with E-state index in [1.54, 1.807) is 0 Å². The van der Waals surface area contributed by atoms with Gasteiger partial charge in [0, 0.05) is 5.71 Å². The second-order valence-corrected chi connectivity index (χ2v) is 5.06. The van der Waals surface area contributed by atoms with E-state index in [2.05, 4.69) is 24.4 Å². The molecule has 1 unspecified atom stereocenters. The molecule has 0 aromatic heterocycles. The van der Waals surface area contributed by atoms with Crippen LogP contribution in [0.15, 0.2) is 29.4 Å². The van der Waals surface area contributed by atoms with Crippen LogP contribution in [0.1, 0.15) is 58.4 Å². The lowest BCUT2D eigenvalue weighted by atomic mass is 9.98. The van der Waals surface area contributed by atoms with Gasteiger partial charge in [-0.2, -0.15) is 5.10 Å². The molecule has 4 nitrogen and oxygen atoms in total. The number of nitrogens with zero attached hydrogens (tertiary/aromatic N) is 1. The third kappa shape index (κ3) is 5.58. The van der Waals surface area contributed by atoms with Crippen LogP contribution in [0.3, 0.4) is 0 Å². The topological polar surface area (TPSA) is 50.7 Å². The predicted molar refractivity (Wildman–Crippen MR) is 86.8 cm³/mol. The summed E-state index contributed by atoms with van der Waals surface area (Å²) in [5.41, 5.74) is 4.65. The molecule has 0 radical (unpaired) electrons. The van der Waals surface area contributed by atoms with Gasteiger partial charge in [0.25, 0.3) is 5.91 Å². The monoisotopic (exact) mass is 290 g/mol. The van der Waals surface area contributed by atoms with Crippen molar-refractivity contribution >= 4 is 11.6 Å². The molecule has 1 N–H and O–H groups in total. The van der Waals surface area contributed by atoms with Gasteiger partial charge in [-0.3, -0.25) is 4.79 Å². The summed E-state index contributed by atoms with van der Waals surface area (Å²) in [7, 11) is 0. The lowest BCUT2D eigenvalue weighted by Crippen LogP contribution is -2.26. The summed E-state index contributed by atoms with van der Waals surface area (Å²) in [5, 5.41) is 4.08. The van der Waals surface area contributed by atoms with Crippen molar-refractivity contribution in [1.29, 1.82) is 0 Å². The van der Waals surface area contributed by atoms with Crippen LogP contribution < -0.4 is 10.2 Å². The Balaban J connectivity index is 2.59. The lowest BCUT2D eigenvalue weighted by molar-refractivity contribution is -0.123. The van der Waals surface area contributed by atoms with Crippen molar-refractivity contribution in [2.45, 2.75) is 52.9 Å². The molecule has 0 fully saturated rings. The minimum Gasteiger partial charge on any atom is -0.483 e. The Morgan fingerprint density at radius 3 is 2.52 bits per heavy atom. The molecule has 0 aliphatic carbocycles. The number of rotatable bonds is 8. The Kier molecular flexibility index (Phi) is 7.51. The van der Waals surface area contributed by atoms with Gasteiger partial charge in [-0.05, 0) is 36.8 Å². The summed E-state index contributed by atoms with van der Waals surface area (Å²) >= 11 is 0. The fourth-order valence-corrected chi connectivity index (χ4v) is 1.96. The number of ether oxygens (including phenoxy) is 1. The van der Waals surface area contributed by atoms with Crippen molar-refractivity contribution in [2.75, 3.05) is 6.61 Å². The molecule has 1 amide bonds. The average molecular weight is 290 g/mol. The lowest BCUT2D eigenvalue weighted by Gasteiger charge is -2.15. The third-order valence-electron chi connectivity index (χ3n) is 3.58. The maximum absolute atomic E-state index is 11.8. The smallest absolute Gasteiger partial charge is 0.277 e. The molecule has 0 saturated heterocycles. The highest BCUT2D eigenvalue weighted by molar-refractivity contribution is 5.86. The first-order valence-electron chi connectivity index (χ1n) is 7.68. The number of hydrogen-bond donors (Lipinski definition) is 1. The molecule has 1 aromatic rings. The van der Waals surface area contributed by atoms with Gasteiger partial charge in [-0.25, -0.2) is 5.43 Å². The van der Waals surface area contributed by atoms with Crippen LogP contribution in [0.2, 0.25) is 0 Å². The summed E-state index contributed by atoms with van der Waals surface area (Å²) in [6.45, 7) is 8.32. The summed E-state index contributed by atoms with van der Waals surface area (Å²) in [5.74, 6) is 0.958. The normalized spacial score (nSPS) is 11.6. The number of para-hydroxylation sites is 1. The molecule has 0 heterocycles. The predicted octanol–water partition coefficient (Wildman–Crippen LogP) is 3.87. The van der Waals surface area contributed by atoms with Gasteiger partial charge < -0.3 is 4.74 Å². The molecule has 0 saturated carbocycles. The fraction of sp³-hybridized carbons (Fsp3) is 0.529. The van der Waals surface area contributed by atoms with E-state index in [4.69, 9.17) is 4.74 Å². The standard InChI is InChI=1S/C17H26N2O2/c1-5-13(4)15-10-8-9-11-16(15)21-12-17(20)19-18-14(6-2)7-3/h8-11,13H,5-7,12H2,1-4H3,(H,19,20). The van der Waals surface area contributed by atoms with E-state index in [0.717, 1.165) is 36.3 Å². The molecule has 1 rings (SSSR count). The summed E-state index contributed by atoms with van der Waals surface area (Å²) in [4.78, 5) is 11.8. The van der Waals surface area contributed by atoms with Gasteiger partial charge in [0.2, 0.25) is 0 Å². The van der Waals surface area contributed by atoms with Crippen LogP contribution in [0.25, 0.3) is 0 Å². The molecule has 0 aliphatic rings. The number of carbonyl (C=O) groups is 1. The molecule has 0 aliphatic heterocycles. The van der Waals surface area contributed by atoms with Crippen LogP contribution in [-0.4, -0.2) is 18.2 Å². The minimum atomic E-state index is -0.228. The van der Waals surface area contributed by atoms with E-state index >= 15 is 0 Å². The zero-order valence-corrected chi connectivity index (χ0v) is 13.5. The number of nitrogens with one attached hydrogen (secondary N) is 1. The molecule has 21 heavy (non-hydrogen) atoms. The fourth-order valence-electron chi connectivity index (χ4n) is 1.96. The highest BCUT2D eigenvalue weighted by Crippen LogP contribution is 2.28. The van der Waals surface area contributed by atoms with E-state index in [1.807, 2.05) is 38.1 Å². The van der Waals surface area contributed by atoms with E-state index in [-0.39, 0.29) is 12.5 Å². The Labute approximate surface area is 127 Å². The van der Waals surface area contributed by atoms with Crippen LogP contribution in [0.5, 0.6) is 5.75 Å². The Hall–Kier alpha value is -1.84. The Bertz CT molecular complexity index is 477. The summed E-state index contributed by atoms with van der Waals surface area (Å²) < 4.78 is 5.64. The SMILES string of the molecule is CCC(CC)=NNC(=O)COc1ccccc1C(C)CC. The van der Waals surface area contributed by atoms with Gasteiger partial charge in [0.05, 0.1) is 0 Å². The molecule has 4 heteroatoms. The van der Waals surface area contributed by atoms with Gasteiger partial charge >= 0.3 is 0 Å². The van der Waals surface area contributed by atoms with E-state index in [1.165, 1.54) is 0 Å². The van der Waals surface area contributed by atoms with Crippen LogP contribution >= 0.6 is 0 Å². The minimum absolute atomic E-state index is 0.0162. The molecule has 1 aromatic carbocycles. The van der Waals surface area contributed by atoms with Gasteiger partial charge in [-0.15, -0.1) is 0 Å². The van der Waals surface area contributed by atoms with Crippen molar-refractivity contribution in [2.24, 2.45) is 5.10 Å². The number of benzene rings is 1. The van der Waals surface area contributed by atoms with Gasteiger partial charge in [-0.1, -0.05) is 45.9 Å². The van der Waals surface area contributed by atoms with E-state index in [0.29, 0.717) is 5.92 Å². The van der Waals surface area contributed by atoms with Gasteiger partial charge in [0.1, 0.15) is 5.75 Å².